The number of nitrogens with zero attached hydrogens (tertiary/aromatic N) is 2. The number of unbranched alkanes of at least 4 members (excludes halogenated alkanes) is 2. The van der Waals surface area contributed by atoms with Gasteiger partial charge >= 0.3 is 0 Å². The molecule has 1 aromatic carbocycles. The third kappa shape index (κ3) is 5.70. The summed E-state index contributed by atoms with van der Waals surface area (Å²) < 4.78 is 0. The number of nitrogens with one attached hydrogen (secondary N) is 2. The Hall–Kier alpha value is -2.43. The number of rotatable bonds is 8. The zero-order valence-corrected chi connectivity index (χ0v) is 13.8. The Morgan fingerprint density at radius 3 is 2.65 bits per heavy atom. The van der Waals surface area contributed by atoms with Gasteiger partial charge in [0.05, 0.1) is 0 Å². The Kier molecular flexibility index (Phi) is 6.54. The predicted octanol–water partition coefficient (Wildman–Crippen LogP) is 3.32. The maximum atomic E-state index is 12.0. The van der Waals surface area contributed by atoms with Crippen LogP contribution in [0.2, 0.25) is 0 Å². The van der Waals surface area contributed by atoms with Crippen molar-refractivity contribution in [1.82, 2.24) is 15.3 Å². The summed E-state index contributed by atoms with van der Waals surface area (Å²) >= 11 is 0. The van der Waals surface area contributed by atoms with Gasteiger partial charge in [0.15, 0.2) is 0 Å². The monoisotopic (exact) mass is 312 g/mol. The van der Waals surface area contributed by atoms with Crippen LogP contribution < -0.4 is 10.6 Å². The Bertz CT molecular complexity index is 625. The largest absolute Gasteiger partial charge is 0.366 e. The number of anilines is 1. The normalized spacial score (nSPS) is 10.3. The highest BCUT2D eigenvalue weighted by molar-refractivity contribution is 5.92. The molecule has 1 heterocycles. The second-order valence-electron chi connectivity index (χ2n) is 5.59. The standard InChI is InChI=1S/C18H24N4O/c1-3-4-5-10-19-18(23)16-11-17(22-13-21-16)20-12-15-8-6-14(2)7-9-15/h6-9,11,13H,3-5,10,12H2,1-2H3,(H,19,23)(H,20,21,22). The molecule has 5 nitrogen and oxygen atoms in total. The Labute approximate surface area is 137 Å². The van der Waals surface area contributed by atoms with E-state index >= 15 is 0 Å². The maximum Gasteiger partial charge on any atom is 0.270 e. The molecule has 1 amide bonds. The van der Waals surface area contributed by atoms with Gasteiger partial charge in [0.1, 0.15) is 17.8 Å². The molecule has 0 aliphatic heterocycles. The number of hydrogen-bond donors (Lipinski definition) is 2. The third-order valence-corrected chi connectivity index (χ3v) is 3.56. The summed E-state index contributed by atoms with van der Waals surface area (Å²) in [5.74, 6) is 0.501. The lowest BCUT2D eigenvalue weighted by Crippen LogP contribution is -2.25. The third-order valence-electron chi connectivity index (χ3n) is 3.56. The number of benzene rings is 1. The maximum absolute atomic E-state index is 12.0. The van der Waals surface area contributed by atoms with Gasteiger partial charge in [0.25, 0.3) is 5.91 Å². The first-order chi connectivity index (χ1) is 11.2. The minimum absolute atomic E-state index is 0.151. The molecule has 0 atom stereocenters. The van der Waals surface area contributed by atoms with Crippen molar-refractivity contribution in [2.45, 2.75) is 39.7 Å². The molecule has 2 aromatic rings. The minimum Gasteiger partial charge on any atom is -0.366 e. The van der Waals surface area contributed by atoms with Crippen LogP contribution in [0.5, 0.6) is 0 Å². The molecule has 0 bridgehead atoms. The molecule has 0 aliphatic rings. The summed E-state index contributed by atoms with van der Waals surface area (Å²) in [6.45, 7) is 5.54. The zero-order valence-electron chi connectivity index (χ0n) is 13.8. The Morgan fingerprint density at radius 1 is 1.13 bits per heavy atom. The van der Waals surface area contributed by atoms with Gasteiger partial charge in [-0.3, -0.25) is 4.79 Å². The average Bonchev–Trinajstić information content (AvgIpc) is 2.58. The predicted molar refractivity (Wildman–Crippen MR) is 92.4 cm³/mol. The van der Waals surface area contributed by atoms with Crippen LogP contribution >= 0.6 is 0 Å². The quantitative estimate of drug-likeness (QED) is 0.734. The van der Waals surface area contributed by atoms with E-state index in [1.165, 1.54) is 17.5 Å². The van der Waals surface area contributed by atoms with Crippen molar-refractivity contribution in [2.75, 3.05) is 11.9 Å². The number of aryl methyl sites for hydroxylation is 1. The van der Waals surface area contributed by atoms with Crippen LogP contribution in [-0.4, -0.2) is 22.4 Å². The second kappa shape index (κ2) is 8.88. The highest BCUT2D eigenvalue weighted by atomic mass is 16.1. The van der Waals surface area contributed by atoms with Crippen molar-refractivity contribution in [3.05, 3.63) is 53.5 Å². The number of amides is 1. The summed E-state index contributed by atoms with van der Waals surface area (Å²) in [5.41, 5.74) is 2.79. The first kappa shape index (κ1) is 16.9. The Balaban J connectivity index is 1.88. The van der Waals surface area contributed by atoms with Crippen molar-refractivity contribution in [1.29, 1.82) is 0 Å². The fraction of sp³-hybridized carbons (Fsp3) is 0.389. The molecule has 0 fully saturated rings. The number of hydrogen-bond acceptors (Lipinski definition) is 4. The molecular formula is C18H24N4O. The zero-order chi connectivity index (χ0) is 16.5. The fourth-order valence-electron chi connectivity index (χ4n) is 2.14. The fourth-order valence-corrected chi connectivity index (χ4v) is 2.14. The van der Waals surface area contributed by atoms with E-state index in [1.54, 1.807) is 6.07 Å². The van der Waals surface area contributed by atoms with E-state index in [9.17, 15) is 4.79 Å². The lowest BCUT2D eigenvalue weighted by molar-refractivity contribution is 0.0948. The topological polar surface area (TPSA) is 66.9 Å². The van der Waals surface area contributed by atoms with Gasteiger partial charge < -0.3 is 10.6 Å². The molecule has 23 heavy (non-hydrogen) atoms. The SMILES string of the molecule is CCCCCNC(=O)c1cc(NCc2ccc(C)cc2)ncn1. The molecule has 0 radical (unpaired) electrons. The van der Waals surface area contributed by atoms with Crippen LogP contribution in [-0.2, 0) is 6.54 Å². The second-order valence-corrected chi connectivity index (χ2v) is 5.59. The van der Waals surface area contributed by atoms with Gasteiger partial charge in [0, 0.05) is 19.2 Å². The van der Waals surface area contributed by atoms with E-state index < -0.39 is 0 Å². The summed E-state index contributed by atoms with van der Waals surface area (Å²) in [6.07, 6.45) is 4.66. The van der Waals surface area contributed by atoms with Crippen molar-refractivity contribution >= 4 is 11.7 Å². The van der Waals surface area contributed by atoms with Gasteiger partial charge in [-0.2, -0.15) is 0 Å². The van der Waals surface area contributed by atoms with Crippen LogP contribution in [0.25, 0.3) is 0 Å². The van der Waals surface area contributed by atoms with Crippen LogP contribution in [0.4, 0.5) is 5.82 Å². The van der Waals surface area contributed by atoms with Gasteiger partial charge in [0.2, 0.25) is 0 Å². The molecule has 2 N–H and O–H groups in total. The number of aromatic nitrogens is 2. The number of carbonyl (C=O) groups excluding carboxylic acids is 1. The lowest BCUT2D eigenvalue weighted by atomic mass is 10.1. The highest BCUT2D eigenvalue weighted by Gasteiger charge is 2.08. The molecule has 0 saturated carbocycles. The van der Waals surface area contributed by atoms with Gasteiger partial charge in [-0.15, -0.1) is 0 Å². The van der Waals surface area contributed by atoms with E-state index in [1.807, 2.05) is 0 Å². The molecular weight excluding hydrogens is 288 g/mol. The van der Waals surface area contributed by atoms with Crippen molar-refractivity contribution in [3.63, 3.8) is 0 Å². The molecule has 0 unspecified atom stereocenters. The van der Waals surface area contributed by atoms with Gasteiger partial charge in [-0.05, 0) is 18.9 Å². The lowest BCUT2D eigenvalue weighted by Gasteiger charge is -2.08. The molecule has 0 spiro atoms. The molecule has 0 saturated heterocycles. The van der Waals surface area contributed by atoms with E-state index in [2.05, 4.69) is 58.7 Å². The summed E-state index contributed by atoms with van der Waals surface area (Å²) in [4.78, 5) is 20.2. The summed E-state index contributed by atoms with van der Waals surface area (Å²) in [6, 6.07) is 9.98. The molecule has 0 aliphatic carbocycles. The minimum atomic E-state index is -0.151. The first-order valence-corrected chi connectivity index (χ1v) is 8.08. The highest BCUT2D eigenvalue weighted by Crippen LogP contribution is 2.08. The summed E-state index contributed by atoms with van der Waals surface area (Å²) in [7, 11) is 0. The van der Waals surface area contributed by atoms with Gasteiger partial charge in [-0.25, -0.2) is 9.97 Å². The van der Waals surface area contributed by atoms with E-state index in [0.29, 0.717) is 24.6 Å². The number of carbonyl (C=O) groups is 1. The van der Waals surface area contributed by atoms with Crippen LogP contribution in [0.15, 0.2) is 36.7 Å². The van der Waals surface area contributed by atoms with Crippen LogP contribution in [0.1, 0.15) is 47.8 Å². The first-order valence-electron chi connectivity index (χ1n) is 8.08. The van der Waals surface area contributed by atoms with E-state index in [4.69, 9.17) is 0 Å². The van der Waals surface area contributed by atoms with Crippen molar-refractivity contribution in [3.8, 4) is 0 Å². The summed E-state index contributed by atoms with van der Waals surface area (Å²) in [5, 5.41) is 6.10. The molecule has 1 aromatic heterocycles. The van der Waals surface area contributed by atoms with Gasteiger partial charge in [-0.1, -0.05) is 49.6 Å². The van der Waals surface area contributed by atoms with E-state index in [-0.39, 0.29) is 5.91 Å². The van der Waals surface area contributed by atoms with Crippen LogP contribution in [0.3, 0.4) is 0 Å². The van der Waals surface area contributed by atoms with E-state index in [0.717, 1.165) is 19.3 Å². The van der Waals surface area contributed by atoms with Crippen molar-refractivity contribution in [2.24, 2.45) is 0 Å². The molecule has 122 valence electrons. The van der Waals surface area contributed by atoms with Crippen molar-refractivity contribution < 1.29 is 4.79 Å². The molecule has 5 heteroatoms. The van der Waals surface area contributed by atoms with Crippen LogP contribution in [0, 0.1) is 6.92 Å². The smallest absolute Gasteiger partial charge is 0.270 e. The Morgan fingerprint density at radius 2 is 1.91 bits per heavy atom. The average molecular weight is 312 g/mol. The molecule has 2 rings (SSSR count).